The molecule has 2 heterocycles. The van der Waals surface area contributed by atoms with Crippen LogP contribution in [0.2, 0.25) is 0 Å². The maximum Gasteiger partial charge on any atom is 0.255 e. The van der Waals surface area contributed by atoms with E-state index in [9.17, 15) is 4.79 Å². The van der Waals surface area contributed by atoms with Gasteiger partial charge >= 0.3 is 0 Å². The van der Waals surface area contributed by atoms with Crippen molar-refractivity contribution in [1.82, 2.24) is 9.97 Å². The van der Waals surface area contributed by atoms with Gasteiger partial charge in [0.05, 0.1) is 22.4 Å². The Hall–Kier alpha value is -4.05. The van der Waals surface area contributed by atoms with E-state index in [4.69, 9.17) is 4.98 Å². The largest absolute Gasteiger partial charge is 0.320 e. The van der Waals surface area contributed by atoms with E-state index >= 15 is 0 Å². The molecule has 0 radical (unpaired) electrons. The molecule has 0 saturated carbocycles. The number of hydrogen-bond donors (Lipinski definition) is 1. The molecule has 5 rings (SSSR count). The molecule has 138 valence electrons. The fraction of sp³-hybridized carbons (Fsp3) is 0. The van der Waals surface area contributed by atoms with Crippen molar-refractivity contribution in [2.45, 2.75) is 0 Å². The molecule has 0 atom stereocenters. The highest BCUT2D eigenvalue weighted by Gasteiger charge is 2.10. The van der Waals surface area contributed by atoms with Crippen molar-refractivity contribution in [3.63, 3.8) is 0 Å². The molecular weight excluding hydrogens is 358 g/mol. The van der Waals surface area contributed by atoms with E-state index in [-0.39, 0.29) is 5.91 Å². The van der Waals surface area contributed by atoms with Crippen LogP contribution < -0.4 is 5.32 Å². The first-order chi connectivity index (χ1) is 14.3. The number of para-hydroxylation sites is 2. The van der Waals surface area contributed by atoms with Crippen molar-refractivity contribution in [3.05, 3.63) is 103 Å². The van der Waals surface area contributed by atoms with Gasteiger partial charge in [-0.1, -0.05) is 54.6 Å². The third-order valence-electron chi connectivity index (χ3n) is 4.89. The summed E-state index contributed by atoms with van der Waals surface area (Å²) >= 11 is 0. The fourth-order valence-electron chi connectivity index (χ4n) is 3.40. The van der Waals surface area contributed by atoms with Crippen LogP contribution in [0.3, 0.4) is 0 Å². The summed E-state index contributed by atoms with van der Waals surface area (Å²) in [6.07, 6.45) is 1.83. The average molecular weight is 375 g/mol. The number of rotatable bonds is 3. The summed E-state index contributed by atoms with van der Waals surface area (Å²) in [7, 11) is 0. The van der Waals surface area contributed by atoms with E-state index in [1.165, 1.54) is 0 Å². The van der Waals surface area contributed by atoms with Crippen molar-refractivity contribution in [3.8, 4) is 11.3 Å². The molecule has 4 nitrogen and oxygen atoms in total. The molecule has 3 aromatic carbocycles. The van der Waals surface area contributed by atoms with Crippen LogP contribution in [0.15, 0.2) is 97.2 Å². The number of anilines is 1. The second-order valence-corrected chi connectivity index (χ2v) is 6.81. The summed E-state index contributed by atoms with van der Waals surface area (Å²) in [5.74, 6) is -0.155. The number of carbonyl (C=O) groups is 1. The van der Waals surface area contributed by atoms with E-state index in [1.807, 2.05) is 79.0 Å². The van der Waals surface area contributed by atoms with E-state index in [1.54, 1.807) is 12.1 Å². The number of amides is 1. The number of benzene rings is 3. The van der Waals surface area contributed by atoms with Gasteiger partial charge in [0.25, 0.3) is 5.91 Å². The van der Waals surface area contributed by atoms with Crippen molar-refractivity contribution in [1.29, 1.82) is 0 Å². The monoisotopic (exact) mass is 375 g/mol. The lowest BCUT2D eigenvalue weighted by Gasteiger charge is -2.10. The molecule has 0 aliphatic carbocycles. The molecule has 1 amide bonds. The fourth-order valence-corrected chi connectivity index (χ4v) is 3.40. The molecule has 0 aliphatic rings. The Morgan fingerprint density at radius 2 is 1.55 bits per heavy atom. The third-order valence-corrected chi connectivity index (χ3v) is 4.89. The maximum absolute atomic E-state index is 12.6. The Bertz CT molecular complexity index is 1350. The highest BCUT2D eigenvalue weighted by Crippen LogP contribution is 2.27. The van der Waals surface area contributed by atoms with Gasteiger partial charge in [0.1, 0.15) is 0 Å². The van der Waals surface area contributed by atoms with Crippen LogP contribution in [0.25, 0.3) is 33.1 Å². The van der Waals surface area contributed by atoms with E-state index < -0.39 is 0 Å². The first-order valence-corrected chi connectivity index (χ1v) is 9.39. The van der Waals surface area contributed by atoms with Crippen LogP contribution in [0.5, 0.6) is 0 Å². The van der Waals surface area contributed by atoms with Crippen LogP contribution >= 0.6 is 0 Å². The molecule has 0 spiro atoms. The van der Waals surface area contributed by atoms with Crippen molar-refractivity contribution < 1.29 is 4.79 Å². The molecule has 2 aromatic heterocycles. The second kappa shape index (κ2) is 7.17. The molecule has 0 fully saturated rings. The van der Waals surface area contributed by atoms with Gasteiger partial charge in [-0.15, -0.1) is 0 Å². The Balaban J connectivity index is 1.57. The van der Waals surface area contributed by atoms with Gasteiger partial charge < -0.3 is 5.32 Å². The van der Waals surface area contributed by atoms with Crippen molar-refractivity contribution in [2.24, 2.45) is 0 Å². The molecule has 29 heavy (non-hydrogen) atoms. The lowest BCUT2D eigenvalue weighted by Crippen LogP contribution is -2.12. The number of hydrogen-bond acceptors (Lipinski definition) is 3. The normalized spacial score (nSPS) is 10.9. The minimum absolute atomic E-state index is 0.155. The standard InChI is InChI=1S/C25H17N3O/c29-25(18-7-2-1-3-8-18)28-23-12-6-10-17-13-14-22(27-24(17)23)20-15-19-9-4-5-11-21(19)26-16-20/h1-16H,(H,28,29). The van der Waals surface area contributed by atoms with Crippen LogP contribution in [0.1, 0.15) is 10.4 Å². The zero-order valence-corrected chi connectivity index (χ0v) is 15.5. The number of nitrogens with zero attached hydrogens (tertiary/aromatic N) is 2. The quantitative estimate of drug-likeness (QED) is 0.440. The van der Waals surface area contributed by atoms with Crippen molar-refractivity contribution in [2.75, 3.05) is 5.32 Å². The Kier molecular flexibility index (Phi) is 4.22. The predicted molar refractivity (Wildman–Crippen MR) is 117 cm³/mol. The molecular formula is C25H17N3O. The van der Waals surface area contributed by atoms with Crippen LogP contribution in [-0.4, -0.2) is 15.9 Å². The summed E-state index contributed by atoms with van der Waals surface area (Å²) in [6.45, 7) is 0. The summed E-state index contributed by atoms with van der Waals surface area (Å²) in [5, 5.41) is 5.03. The molecule has 1 N–H and O–H groups in total. The highest BCUT2D eigenvalue weighted by atomic mass is 16.1. The lowest BCUT2D eigenvalue weighted by atomic mass is 10.1. The van der Waals surface area contributed by atoms with Gasteiger partial charge in [-0.2, -0.15) is 0 Å². The predicted octanol–water partition coefficient (Wildman–Crippen LogP) is 5.70. The molecule has 0 bridgehead atoms. The van der Waals surface area contributed by atoms with Crippen LogP contribution in [-0.2, 0) is 0 Å². The van der Waals surface area contributed by atoms with Gasteiger partial charge in [0.2, 0.25) is 0 Å². The molecule has 0 saturated heterocycles. The van der Waals surface area contributed by atoms with Crippen LogP contribution in [0.4, 0.5) is 5.69 Å². The smallest absolute Gasteiger partial charge is 0.255 e. The summed E-state index contributed by atoms with van der Waals surface area (Å²) in [6, 6.07) is 29.0. The first kappa shape index (κ1) is 17.1. The number of aromatic nitrogens is 2. The summed E-state index contributed by atoms with van der Waals surface area (Å²) in [4.78, 5) is 22.0. The van der Waals surface area contributed by atoms with Gasteiger partial charge in [-0.3, -0.25) is 9.78 Å². The second-order valence-electron chi connectivity index (χ2n) is 6.81. The zero-order chi connectivity index (χ0) is 19.6. The molecule has 4 heteroatoms. The Morgan fingerprint density at radius 1 is 0.759 bits per heavy atom. The summed E-state index contributed by atoms with van der Waals surface area (Å²) < 4.78 is 0. The molecule has 0 unspecified atom stereocenters. The van der Waals surface area contributed by atoms with E-state index in [2.05, 4.69) is 16.4 Å². The number of nitrogens with one attached hydrogen (secondary N) is 1. The van der Waals surface area contributed by atoms with E-state index in [0.717, 1.165) is 33.1 Å². The number of fused-ring (bicyclic) bond motifs is 2. The van der Waals surface area contributed by atoms with Gasteiger partial charge in [0.15, 0.2) is 0 Å². The van der Waals surface area contributed by atoms with Gasteiger partial charge in [-0.25, -0.2) is 4.98 Å². The van der Waals surface area contributed by atoms with Gasteiger partial charge in [-0.05, 0) is 36.4 Å². The molecule has 0 aliphatic heterocycles. The molecule has 5 aromatic rings. The number of pyridine rings is 2. The number of carbonyl (C=O) groups excluding carboxylic acids is 1. The Labute approximate surface area is 167 Å². The van der Waals surface area contributed by atoms with E-state index in [0.29, 0.717) is 11.3 Å². The highest BCUT2D eigenvalue weighted by molar-refractivity contribution is 6.08. The Morgan fingerprint density at radius 3 is 2.45 bits per heavy atom. The van der Waals surface area contributed by atoms with Crippen LogP contribution in [0, 0.1) is 0 Å². The summed E-state index contributed by atoms with van der Waals surface area (Å²) in [5.41, 5.74) is 4.76. The topological polar surface area (TPSA) is 54.9 Å². The maximum atomic E-state index is 12.6. The average Bonchev–Trinajstić information content (AvgIpc) is 2.79. The third kappa shape index (κ3) is 3.32. The first-order valence-electron chi connectivity index (χ1n) is 9.39. The SMILES string of the molecule is O=C(Nc1cccc2ccc(-c3cnc4ccccc4c3)nc12)c1ccccc1. The zero-order valence-electron chi connectivity index (χ0n) is 15.5. The lowest BCUT2D eigenvalue weighted by molar-refractivity contribution is 0.102. The minimum Gasteiger partial charge on any atom is -0.320 e. The van der Waals surface area contributed by atoms with Crippen molar-refractivity contribution >= 4 is 33.4 Å². The minimum atomic E-state index is -0.155. The van der Waals surface area contributed by atoms with Gasteiger partial charge in [0, 0.05) is 28.1 Å².